The predicted octanol–water partition coefficient (Wildman–Crippen LogP) is 4.10. The van der Waals surface area contributed by atoms with Gasteiger partial charge in [-0.1, -0.05) is 32.1 Å². The normalized spacial score (nSPS) is 16.3. The summed E-state index contributed by atoms with van der Waals surface area (Å²) in [4.78, 5) is 0. The molecule has 1 aromatic rings. The number of benzene rings is 1. The summed E-state index contributed by atoms with van der Waals surface area (Å²) in [7, 11) is 3.28. The second-order valence-electron chi connectivity index (χ2n) is 5.74. The number of hydrogen-bond donors (Lipinski definition) is 2. The molecular weight excluding hydrogens is 296 g/mol. The van der Waals surface area contributed by atoms with Gasteiger partial charge in [0.15, 0.2) is 5.11 Å². The summed E-state index contributed by atoms with van der Waals surface area (Å²) in [5.74, 6) is 1.49. The van der Waals surface area contributed by atoms with Crippen molar-refractivity contribution in [3.05, 3.63) is 18.2 Å². The summed E-state index contributed by atoms with van der Waals surface area (Å²) >= 11 is 5.45. The smallest absolute Gasteiger partial charge is 0.170 e. The van der Waals surface area contributed by atoms with E-state index in [-0.39, 0.29) is 0 Å². The summed E-state index contributed by atoms with van der Waals surface area (Å²) < 4.78 is 10.6. The van der Waals surface area contributed by atoms with Crippen molar-refractivity contribution >= 4 is 23.0 Å². The predicted molar refractivity (Wildman–Crippen MR) is 95.0 cm³/mol. The van der Waals surface area contributed by atoms with Crippen molar-refractivity contribution in [2.45, 2.75) is 51.0 Å². The number of ether oxygens (including phenoxy) is 2. The Labute approximate surface area is 138 Å². The number of thiocarbonyl (C=S) groups is 1. The quantitative estimate of drug-likeness (QED) is 0.817. The third-order valence-electron chi connectivity index (χ3n) is 4.05. The zero-order valence-corrected chi connectivity index (χ0v) is 14.3. The number of anilines is 1. The second kappa shape index (κ2) is 8.83. The molecule has 0 bridgehead atoms. The Morgan fingerprint density at radius 1 is 0.955 bits per heavy atom. The summed E-state index contributed by atoms with van der Waals surface area (Å²) in [6.07, 6.45) is 9.02. The minimum absolute atomic E-state index is 0.479. The Hall–Kier alpha value is -1.49. The largest absolute Gasteiger partial charge is 0.497 e. The molecule has 0 amide bonds. The van der Waals surface area contributed by atoms with Crippen LogP contribution in [0.3, 0.4) is 0 Å². The standard InChI is InChI=1S/C17H26N2O2S/c1-20-15-10-14(11-16(12-15)21-2)19-17(22)18-13-8-6-4-3-5-7-9-13/h10-13H,3-9H2,1-2H3,(H2,18,19,22). The molecule has 0 saturated heterocycles. The maximum atomic E-state index is 5.45. The highest BCUT2D eigenvalue weighted by atomic mass is 32.1. The lowest BCUT2D eigenvalue weighted by Crippen LogP contribution is -2.38. The van der Waals surface area contributed by atoms with Crippen molar-refractivity contribution in [2.24, 2.45) is 0 Å². The number of rotatable bonds is 4. The Kier molecular flexibility index (Phi) is 6.77. The van der Waals surface area contributed by atoms with Crippen LogP contribution in [-0.2, 0) is 0 Å². The molecule has 0 radical (unpaired) electrons. The van der Waals surface area contributed by atoms with Gasteiger partial charge in [0.1, 0.15) is 11.5 Å². The lowest BCUT2D eigenvalue weighted by Gasteiger charge is -2.23. The Balaban J connectivity index is 1.93. The van der Waals surface area contributed by atoms with Crippen molar-refractivity contribution < 1.29 is 9.47 Å². The van der Waals surface area contributed by atoms with E-state index in [0.717, 1.165) is 17.2 Å². The topological polar surface area (TPSA) is 42.5 Å². The van der Waals surface area contributed by atoms with Gasteiger partial charge in [-0.05, 0) is 25.1 Å². The highest BCUT2D eigenvalue weighted by molar-refractivity contribution is 7.80. The van der Waals surface area contributed by atoms with Crippen LogP contribution in [0.15, 0.2) is 18.2 Å². The first-order chi connectivity index (χ1) is 10.7. The highest BCUT2D eigenvalue weighted by Gasteiger charge is 2.12. The van der Waals surface area contributed by atoms with Crippen LogP contribution in [0.25, 0.3) is 0 Å². The molecule has 0 atom stereocenters. The molecular formula is C17H26N2O2S. The van der Waals surface area contributed by atoms with E-state index >= 15 is 0 Å². The maximum Gasteiger partial charge on any atom is 0.170 e. The molecule has 122 valence electrons. The van der Waals surface area contributed by atoms with Gasteiger partial charge in [-0.25, -0.2) is 0 Å². The maximum absolute atomic E-state index is 5.45. The molecule has 0 aliphatic heterocycles. The van der Waals surface area contributed by atoms with Crippen molar-refractivity contribution in [1.29, 1.82) is 0 Å². The van der Waals surface area contributed by atoms with Gasteiger partial charge >= 0.3 is 0 Å². The molecule has 2 N–H and O–H groups in total. The van der Waals surface area contributed by atoms with E-state index in [0.29, 0.717) is 11.2 Å². The number of hydrogen-bond acceptors (Lipinski definition) is 3. The molecule has 1 aliphatic rings. The van der Waals surface area contributed by atoms with Crippen LogP contribution < -0.4 is 20.1 Å². The molecule has 1 aliphatic carbocycles. The van der Waals surface area contributed by atoms with Crippen LogP contribution in [-0.4, -0.2) is 25.4 Å². The third kappa shape index (κ3) is 5.37. The number of nitrogens with one attached hydrogen (secondary N) is 2. The molecule has 22 heavy (non-hydrogen) atoms. The first-order valence-corrected chi connectivity index (χ1v) is 8.42. The van der Waals surface area contributed by atoms with Crippen LogP contribution >= 0.6 is 12.2 Å². The minimum atomic E-state index is 0.479. The van der Waals surface area contributed by atoms with Crippen LogP contribution in [0.1, 0.15) is 44.9 Å². The van der Waals surface area contributed by atoms with Gasteiger partial charge < -0.3 is 20.1 Å². The first kappa shape index (κ1) is 16.9. The van der Waals surface area contributed by atoms with Crippen LogP contribution in [0, 0.1) is 0 Å². The Morgan fingerprint density at radius 3 is 2.05 bits per heavy atom. The fraction of sp³-hybridized carbons (Fsp3) is 0.588. The SMILES string of the molecule is COc1cc(NC(=S)NC2CCCCCCC2)cc(OC)c1. The third-order valence-corrected chi connectivity index (χ3v) is 4.27. The van der Waals surface area contributed by atoms with E-state index in [1.54, 1.807) is 14.2 Å². The summed E-state index contributed by atoms with van der Waals surface area (Å²) in [6, 6.07) is 6.15. The van der Waals surface area contributed by atoms with Gasteiger partial charge in [-0.2, -0.15) is 0 Å². The molecule has 1 fully saturated rings. The van der Waals surface area contributed by atoms with Crippen molar-refractivity contribution in [1.82, 2.24) is 5.32 Å². The minimum Gasteiger partial charge on any atom is -0.497 e. The van der Waals surface area contributed by atoms with Crippen LogP contribution in [0.4, 0.5) is 5.69 Å². The summed E-state index contributed by atoms with van der Waals surface area (Å²) in [6.45, 7) is 0. The van der Waals surface area contributed by atoms with E-state index in [4.69, 9.17) is 21.7 Å². The zero-order valence-electron chi connectivity index (χ0n) is 13.5. The summed E-state index contributed by atoms with van der Waals surface area (Å²) in [5, 5.41) is 7.35. The molecule has 0 spiro atoms. The van der Waals surface area contributed by atoms with Crippen LogP contribution in [0.5, 0.6) is 11.5 Å². The molecule has 5 heteroatoms. The fourth-order valence-corrected chi connectivity index (χ4v) is 3.12. The highest BCUT2D eigenvalue weighted by Crippen LogP contribution is 2.25. The van der Waals surface area contributed by atoms with Crippen molar-refractivity contribution in [2.75, 3.05) is 19.5 Å². The molecule has 2 rings (SSSR count). The molecule has 0 unspecified atom stereocenters. The lowest BCUT2D eigenvalue weighted by molar-refractivity contribution is 0.395. The molecule has 1 saturated carbocycles. The molecule has 0 aromatic heterocycles. The molecule has 0 heterocycles. The average Bonchev–Trinajstić information content (AvgIpc) is 2.49. The van der Waals surface area contributed by atoms with Gasteiger partial charge in [0.25, 0.3) is 0 Å². The van der Waals surface area contributed by atoms with E-state index in [2.05, 4.69) is 10.6 Å². The molecule has 4 nitrogen and oxygen atoms in total. The van der Waals surface area contributed by atoms with Crippen molar-refractivity contribution in [3.8, 4) is 11.5 Å². The van der Waals surface area contributed by atoms with Gasteiger partial charge in [0.2, 0.25) is 0 Å². The zero-order chi connectivity index (χ0) is 15.8. The van der Waals surface area contributed by atoms with Gasteiger partial charge in [0.05, 0.1) is 14.2 Å². The second-order valence-corrected chi connectivity index (χ2v) is 6.15. The van der Waals surface area contributed by atoms with Gasteiger partial charge in [-0.15, -0.1) is 0 Å². The van der Waals surface area contributed by atoms with Gasteiger partial charge in [-0.3, -0.25) is 0 Å². The van der Waals surface area contributed by atoms with E-state index in [9.17, 15) is 0 Å². The summed E-state index contributed by atoms with van der Waals surface area (Å²) in [5.41, 5.74) is 0.875. The van der Waals surface area contributed by atoms with E-state index in [1.807, 2.05) is 18.2 Å². The van der Waals surface area contributed by atoms with Gasteiger partial charge in [0, 0.05) is 29.9 Å². The lowest BCUT2D eigenvalue weighted by atomic mass is 9.97. The van der Waals surface area contributed by atoms with E-state index < -0.39 is 0 Å². The monoisotopic (exact) mass is 322 g/mol. The van der Waals surface area contributed by atoms with Crippen LogP contribution in [0.2, 0.25) is 0 Å². The fourth-order valence-electron chi connectivity index (χ4n) is 2.83. The Morgan fingerprint density at radius 2 is 1.50 bits per heavy atom. The average molecular weight is 322 g/mol. The Bertz CT molecular complexity index is 463. The molecule has 1 aromatic carbocycles. The van der Waals surface area contributed by atoms with E-state index in [1.165, 1.54) is 44.9 Å². The first-order valence-electron chi connectivity index (χ1n) is 8.02. The van der Waals surface area contributed by atoms with Crippen molar-refractivity contribution in [3.63, 3.8) is 0 Å². The number of methoxy groups -OCH3 is 2.